The molecule has 0 aliphatic carbocycles. The second kappa shape index (κ2) is 9.89. The van der Waals surface area contributed by atoms with Crippen molar-refractivity contribution < 1.29 is 0 Å². The Morgan fingerprint density at radius 2 is 2.00 bits per heavy atom. The third kappa shape index (κ3) is 6.49. The van der Waals surface area contributed by atoms with Crippen LogP contribution in [0.3, 0.4) is 0 Å². The van der Waals surface area contributed by atoms with Crippen LogP contribution in [0.1, 0.15) is 51.4 Å². The first-order chi connectivity index (χ1) is 9.69. The lowest BCUT2D eigenvalue weighted by Gasteiger charge is -2.27. The van der Waals surface area contributed by atoms with E-state index in [0.717, 1.165) is 31.9 Å². The Labute approximate surface area is 124 Å². The Hall–Kier alpha value is -0.930. The number of aryl methyl sites for hydroxylation is 1. The third-order valence-corrected chi connectivity index (χ3v) is 3.58. The van der Waals surface area contributed by atoms with E-state index in [9.17, 15) is 0 Å². The molecular formula is C17H31N3. The van der Waals surface area contributed by atoms with Gasteiger partial charge in [0.1, 0.15) is 0 Å². The largest absolute Gasteiger partial charge is 0.313 e. The van der Waals surface area contributed by atoms with Gasteiger partial charge in [0.15, 0.2) is 0 Å². The molecule has 1 N–H and O–H groups in total. The first kappa shape index (κ1) is 17.1. The van der Waals surface area contributed by atoms with Crippen molar-refractivity contribution in [2.24, 2.45) is 0 Å². The van der Waals surface area contributed by atoms with Gasteiger partial charge >= 0.3 is 0 Å². The lowest BCUT2D eigenvalue weighted by molar-refractivity contribution is 0.236. The average Bonchev–Trinajstić information content (AvgIpc) is 2.44. The summed E-state index contributed by atoms with van der Waals surface area (Å²) in [7, 11) is 0. The summed E-state index contributed by atoms with van der Waals surface area (Å²) in [5, 5.41) is 3.67. The fraction of sp³-hybridized carbons (Fsp3) is 0.706. The van der Waals surface area contributed by atoms with Crippen molar-refractivity contribution in [3.8, 4) is 0 Å². The smallest absolute Gasteiger partial charge is 0.0547 e. The van der Waals surface area contributed by atoms with Gasteiger partial charge in [0, 0.05) is 24.8 Å². The number of rotatable bonds is 10. The van der Waals surface area contributed by atoms with Crippen molar-refractivity contribution in [2.45, 2.75) is 59.5 Å². The normalized spacial score (nSPS) is 12.8. The van der Waals surface area contributed by atoms with Crippen LogP contribution in [0.25, 0.3) is 0 Å². The van der Waals surface area contributed by atoms with Crippen LogP contribution in [0.2, 0.25) is 0 Å². The Morgan fingerprint density at radius 3 is 2.60 bits per heavy atom. The van der Waals surface area contributed by atoms with Crippen LogP contribution in [0.5, 0.6) is 0 Å². The van der Waals surface area contributed by atoms with Gasteiger partial charge in [-0.2, -0.15) is 0 Å². The maximum atomic E-state index is 4.61. The summed E-state index contributed by atoms with van der Waals surface area (Å²) < 4.78 is 0. The van der Waals surface area contributed by atoms with Crippen molar-refractivity contribution in [1.29, 1.82) is 0 Å². The fourth-order valence-corrected chi connectivity index (χ4v) is 2.49. The summed E-state index contributed by atoms with van der Waals surface area (Å²) in [5.74, 6) is 0. The van der Waals surface area contributed by atoms with Gasteiger partial charge in [0.25, 0.3) is 0 Å². The molecule has 20 heavy (non-hydrogen) atoms. The molecule has 1 unspecified atom stereocenters. The van der Waals surface area contributed by atoms with Crippen LogP contribution in [-0.2, 0) is 6.54 Å². The van der Waals surface area contributed by atoms with Gasteiger partial charge in [-0.1, -0.05) is 33.3 Å². The predicted molar refractivity (Wildman–Crippen MR) is 86.9 cm³/mol. The molecule has 1 aromatic rings. The van der Waals surface area contributed by atoms with Crippen molar-refractivity contribution in [3.63, 3.8) is 0 Å². The molecule has 1 heterocycles. The van der Waals surface area contributed by atoms with Gasteiger partial charge in [0.05, 0.1) is 5.69 Å². The van der Waals surface area contributed by atoms with Gasteiger partial charge in [-0.25, -0.2) is 0 Å². The molecule has 1 aromatic heterocycles. The highest BCUT2D eigenvalue weighted by Gasteiger charge is 2.12. The number of likely N-dealkylation sites (N-methyl/N-ethyl adjacent to an activating group) is 1. The van der Waals surface area contributed by atoms with E-state index in [4.69, 9.17) is 0 Å². The van der Waals surface area contributed by atoms with Crippen LogP contribution < -0.4 is 5.32 Å². The van der Waals surface area contributed by atoms with Gasteiger partial charge in [0.2, 0.25) is 0 Å². The SMILES string of the molecule is CCCNC(CCC)CN(CC)Cc1cccc(C)n1. The zero-order valence-corrected chi connectivity index (χ0v) is 13.7. The van der Waals surface area contributed by atoms with Crippen molar-refractivity contribution in [3.05, 3.63) is 29.6 Å². The first-order valence-electron chi connectivity index (χ1n) is 8.07. The van der Waals surface area contributed by atoms with E-state index < -0.39 is 0 Å². The molecule has 0 aromatic carbocycles. The molecule has 0 saturated heterocycles. The zero-order chi connectivity index (χ0) is 14.8. The van der Waals surface area contributed by atoms with Gasteiger partial charge in [-0.05, 0) is 45.0 Å². The van der Waals surface area contributed by atoms with Gasteiger partial charge in [-0.3, -0.25) is 9.88 Å². The third-order valence-electron chi connectivity index (χ3n) is 3.58. The highest BCUT2D eigenvalue weighted by Crippen LogP contribution is 2.06. The van der Waals surface area contributed by atoms with Gasteiger partial charge < -0.3 is 5.32 Å². The lowest BCUT2D eigenvalue weighted by atomic mass is 10.1. The van der Waals surface area contributed by atoms with E-state index >= 15 is 0 Å². The highest BCUT2D eigenvalue weighted by atomic mass is 15.1. The van der Waals surface area contributed by atoms with E-state index in [0.29, 0.717) is 6.04 Å². The molecular weight excluding hydrogens is 246 g/mol. The minimum Gasteiger partial charge on any atom is -0.313 e. The Bertz CT molecular complexity index is 365. The average molecular weight is 277 g/mol. The van der Waals surface area contributed by atoms with E-state index in [1.807, 2.05) is 0 Å². The minimum atomic E-state index is 0.602. The topological polar surface area (TPSA) is 28.2 Å². The number of nitrogens with zero attached hydrogens (tertiary/aromatic N) is 2. The van der Waals surface area contributed by atoms with Crippen LogP contribution in [0.15, 0.2) is 18.2 Å². The molecule has 3 nitrogen and oxygen atoms in total. The minimum absolute atomic E-state index is 0.602. The van der Waals surface area contributed by atoms with Gasteiger partial charge in [-0.15, -0.1) is 0 Å². The molecule has 0 amide bonds. The van der Waals surface area contributed by atoms with Crippen LogP contribution in [0.4, 0.5) is 0 Å². The molecule has 0 aliphatic rings. The Morgan fingerprint density at radius 1 is 1.20 bits per heavy atom. The molecule has 1 atom stereocenters. The number of nitrogens with one attached hydrogen (secondary N) is 1. The van der Waals surface area contributed by atoms with E-state index in [-0.39, 0.29) is 0 Å². The number of hydrogen-bond acceptors (Lipinski definition) is 3. The summed E-state index contributed by atoms with van der Waals surface area (Å²) in [6, 6.07) is 6.89. The van der Waals surface area contributed by atoms with E-state index in [2.05, 4.69) is 61.1 Å². The maximum absolute atomic E-state index is 4.61. The summed E-state index contributed by atoms with van der Waals surface area (Å²) in [6.45, 7) is 13.0. The molecule has 0 spiro atoms. The molecule has 3 heteroatoms. The monoisotopic (exact) mass is 277 g/mol. The Balaban J connectivity index is 2.55. The summed E-state index contributed by atoms with van der Waals surface area (Å²) in [4.78, 5) is 7.11. The molecule has 1 rings (SSSR count). The van der Waals surface area contributed by atoms with Crippen molar-refractivity contribution >= 4 is 0 Å². The molecule has 0 aliphatic heterocycles. The molecule has 0 saturated carbocycles. The van der Waals surface area contributed by atoms with E-state index in [1.165, 1.54) is 25.0 Å². The van der Waals surface area contributed by atoms with Crippen molar-refractivity contribution in [1.82, 2.24) is 15.2 Å². The molecule has 0 bridgehead atoms. The molecule has 114 valence electrons. The second-order valence-electron chi connectivity index (χ2n) is 5.54. The first-order valence-corrected chi connectivity index (χ1v) is 8.07. The predicted octanol–water partition coefficient (Wildman–Crippen LogP) is 3.38. The second-order valence-corrected chi connectivity index (χ2v) is 5.54. The number of hydrogen-bond donors (Lipinski definition) is 1. The summed E-state index contributed by atoms with van der Waals surface area (Å²) in [6.07, 6.45) is 3.69. The van der Waals surface area contributed by atoms with Crippen LogP contribution in [-0.4, -0.2) is 35.6 Å². The quantitative estimate of drug-likeness (QED) is 0.710. The lowest BCUT2D eigenvalue weighted by Crippen LogP contribution is -2.41. The number of aromatic nitrogens is 1. The zero-order valence-electron chi connectivity index (χ0n) is 13.7. The fourth-order valence-electron chi connectivity index (χ4n) is 2.49. The number of pyridine rings is 1. The molecule has 0 fully saturated rings. The standard InChI is InChI=1S/C17H31N3/c1-5-9-16(18-12-6-2)13-20(7-3)14-17-11-8-10-15(4)19-17/h8,10-11,16,18H,5-7,9,12-14H2,1-4H3. The highest BCUT2D eigenvalue weighted by molar-refractivity contribution is 5.09. The molecule has 0 radical (unpaired) electrons. The van der Waals surface area contributed by atoms with E-state index in [1.54, 1.807) is 0 Å². The van der Waals surface area contributed by atoms with Crippen LogP contribution >= 0.6 is 0 Å². The maximum Gasteiger partial charge on any atom is 0.0547 e. The Kier molecular flexibility index (Phi) is 8.47. The summed E-state index contributed by atoms with van der Waals surface area (Å²) >= 11 is 0. The van der Waals surface area contributed by atoms with Crippen LogP contribution in [0, 0.1) is 6.92 Å². The van der Waals surface area contributed by atoms with Crippen molar-refractivity contribution in [2.75, 3.05) is 19.6 Å². The summed E-state index contributed by atoms with van der Waals surface area (Å²) in [5.41, 5.74) is 2.28.